The minimum absolute atomic E-state index is 0.00827. The van der Waals surface area contributed by atoms with Gasteiger partial charge in [-0.2, -0.15) is 13.2 Å². The summed E-state index contributed by atoms with van der Waals surface area (Å²) in [7, 11) is 0. The highest BCUT2D eigenvalue weighted by molar-refractivity contribution is 5.67. The number of hydrogen-bond acceptors (Lipinski definition) is 2. The number of carbonyl (C=O) groups is 1. The van der Waals surface area contributed by atoms with E-state index in [4.69, 9.17) is 5.11 Å². The van der Waals surface area contributed by atoms with Gasteiger partial charge in [0.25, 0.3) is 0 Å². The Kier molecular flexibility index (Phi) is 2.81. The number of pyridine rings is 1. The van der Waals surface area contributed by atoms with E-state index < -0.39 is 17.8 Å². The molecule has 1 N–H and O–H groups in total. The van der Waals surface area contributed by atoms with Gasteiger partial charge in [0.05, 0.1) is 0 Å². The van der Waals surface area contributed by atoms with Gasteiger partial charge in [0.2, 0.25) is 0 Å². The van der Waals surface area contributed by atoms with Crippen molar-refractivity contribution in [1.29, 1.82) is 0 Å². The summed E-state index contributed by atoms with van der Waals surface area (Å²) in [5.41, 5.74) is -0.394. The summed E-state index contributed by atoms with van der Waals surface area (Å²) >= 11 is 0. The summed E-state index contributed by atoms with van der Waals surface area (Å²) in [5.74, 6) is -1.03. The van der Waals surface area contributed by atoms with Gasteiger partial charge in [-0.3, -0.25) is 9.78 Å². The van der Waals surface area contributed by atoms with Crippen molar-refractivity contribution in [2.45, 2.75) is 24.9 Å². The van der Waals surface area contributed by atoms with E-state index in [1.807, 2.05) is 0 Å². The van der Waals surface area contributed by atoms with Gasteiger partial charge < -0.3 is 5.11 Å². The molecule has 1 aromatic rings. The van der Waals surface area contributed by atoms with Gasteiger partial charge in [-0.15, -0.1) is 0 Å². The molecule has 92 valence electrons. The lowest BCUT2D eigenvalue weighted by molar-refractivity contribution is -0.141. The number of aliphatic carboxylic acids is 1. The number of hydrogen-bond donors (Lipinski definition) is 1. The number of carboxylic acids is 1. The average Bonchev–Trinajstić information content (AvgIpc) is 2.95. The quantitative estimate of drug-likeness (QED) is 0.890. The molecule has 2 atom stereocenters. The van der Waals surface area contributed by atoms with E-state index in [2.05, 4.69) is 4.98 Å². The molecule has 1 aliphatic rings. The average molecular weight is 245 g/mol. The number of alkyl halides is 3. The monoisotopic (exact) mass is 245 g/mol. The lowest BCUT2D eigenvalue weighted by Crippen LogP contribution is -2.08. The van der Waals surface area contributed by atoms with Crippen LogP contribution in [0.25, 0.3) is 0 Å². The van der Waals surface area contributed by atoms with Crippen LogP contribution < -0.4 is 0 Å². The molecule has 0 radical (unpaired) electrons. The van der Waals surface area contributed by atoms with E-state index in [1.54, 1.807) is 0 Å². The molecule has 17 heavy (non-hydrogen) atoms. The topological polar surface area (TPSA) is 50.2 Å². The Morgan fingerprint density at radius 1 is 1.53 bits per heavy atom. The molecule has 1 fully saturated rings. The van der Waals surface area contributed by atoms with E-state index in [1.165, 1.54) is 6.07 Å². The van der Waals surface area contributed by atoms with Gasteiger partial charge in [-0.25, -0.2) is 0 Å². The van der Waals surface area contributed by atoms with Gasteiger partial charge in [0.1, 0.15) is 5.69 Å². The zero-order valence-electron chi connectivity index (χ0n) is 8.74. The standard InChI is InChI=1S/C11H10F3NO2/c12-11(13,14)9-4-6(1-2-15-9)8-3-7(8)5-10(16)17/h1-2,4,7-8H,3,5H2,(H,16,17)/t7-,8-/m0/s1. The van der Waals surface area contributed by atoms with Crippen molar-refractivity contribution in [3.05, 3.63) is 29.6 Å². The molecule has 6 heteroatoms. The molecule has 0 amide bonds. The van der Waals surface area contributed by atoms with Crippen LogP contribution >= 0.6 is 0 Å². The molecule has 0 aliphatic heterocycles. The largest absolute Gasteiger partial charge is 0.481 e. The third-order valence-corrected chi connectivity index (χ3v) is 2.86. The molecular weight excluding hydrogens is 235 g/mol. The van der Waals surface area contributed by atoms with Crippen LogP contribution in [0.3, 0.4) is 0 Å². The van der Waals surface area contributed by atoms with Crippen LogP contribution in [0.15, 0.2) is 18.3 Å². The number of rotatable bonds is 3. The smallest absolute Gasteiger partial charge is 0.433 e. The second-order valence-corrected chi connectivity index (χ2v) is 4.17. The van der Waals surface area contributed by atoms with Crippen LogP contribution in [0.4, 0.5) is 13.2 Å². The normalized spacial score (nSPS) is 23.5. The molecule has 0 saturated heterocycles. The maximum atomic E-state index is 12.4. The van der Waals surface area contributed by atoms with Crippen LogP contribution in [-0.2, 0) is 11.0 Å². The van der Waals surface area contributed by atoms with Gasteiger partial charge in [-0.05, 0) is 36.0 Å². The molecule has 1 aromatic heterocycles. The van der Waals surface area contributed by atoms with E-state index in [9.17, 15) is 18.0 Å². The molecule has 3 nitrogen and oxygen atoms in total. The predicted molar refractivity (Wildman–Crippen MR) is 52.3 cm³/mol. The van der Waals surface area contributed by atoms with Crippen molar-refractivity contribution in [1.82, 2.24) is 4.98 Å². The van der Waals surface area contributed by atoms with Crippen LogP contribution in [0.1, 0.15) is 30.0 Å². The Hall–Kier alpha value is -1.59. The number of nitrogens with zero attached hydrogens (tertiary/aromatic N) is 1. The summed E-state index contributed by atoms with van der Waals surface area (Å²) in [6.07, 6.45) is -2.69. The third-order valence-electron chi connectivity index (χ3n) is 2.86. The molecule has 0 bridgehead atoms. The highest BCUT2D eigenvalue weighted by Gasteiger charge is 2.41. The second kappa shape index (κ2) is 4.01. The van der Waals surface area contributed by atoms with Crippen molar-refractivity contribution in [3.8, 4) is 0 Å². The lowest BCUT2D eigenvalue weighted by atomic mass is 10.1. The zero-order chi connectivity index (χ0) is 12.6. The number of carboxylic acid groups (broad SMARTS) is 1. The molecule has 0 spiro atoms. The van der Waals surface area contributed by atoms with Crippen LogP contribution in [0.2, 0.25) is 0 Å². The maximum absolute atomic E-state index is 12.4. The lowest BCUT2D eigenvalue weighted by Gasteiger charge is -2.07. The molecule has 1 saturated carbocycles. The fourth-order valence-corrected chi connectivity index (χ4v) is 1.94. The van der Waals surface area contributed by atoms with E-state index in [-0.39, 0.29) is 18.3 Å². The summed E-state index contributed by atoms with van der Waals surface area (Å²) < 4.78 is 37.2. The van der Waals surface area contributed by atoms with Crippen LogP contribution in [0.5, 0.6) is 0 Å². The van der Waals surface area contributed by atoms with Crippen molar-refractivity contribution in [2.75, 3.05) is 0 Å². The first kappa shape index (κ1) is 11.9. The SMILES string of the molecule is O=C(O)C[C@@H]1C[C@H]1c1ccnc(C(F)(F)F)c1. The Balaban J connectivity index is 2.11. The summed E-state index contributed by atoms with van der Waals surface area (Å²) in [4.78, 5) is 13.7. The van der Waals surface area contributed by atoms with Crippen LogP contribution in [0, 0.1) is 5.92 Å². The van der Waals surface area contributed by atoms with Gasteiger partial charge >= 0.3 is 12.1 Å². The number of aromatic nitrogens is 1. The molecular formula is C11H10F3NO2. The first-order valence-corrected chi connectivity index (χ1v) is 5.13. The predicted octanol–water partition coefficient (Wildman–Crippen LogP) is 2.68. The Labute approximate surface area is 95.3 Å². The fourth-order valence-electron chi connectivity index (χ4n) is 1.94. The van der Waals surface area contributed by atoms with Crippen molar-refractivity contribution in [3.63, 3.8) is 0 Å². The van der Waals surface area contributed by atoms with Crippen LogP contribution in [-0.4, -0.2) is 16.1 Å². The van der Waals surface area contributed by atoms with E-state index in [0.717, 1.165) is 12.3 Å². The summed E-state index contributed by atoms with van der Waals surface area (Å²) in [6, 6.07) is 2.52. The Bertz CT molecular complexity index is 445. The third kappa shape index (κ3) is 2.75. The molecule has 0 aromatic carbocycles. The first-order valence-electron chi connectivity index (χ1n) is 5.13. The number of halogens is 3. The van der Waals surface area contributed by atoms with Crippen molar-refractivity contribution in [2.24, 2.45) is 5.92 Å². The maximum Gasteiger partial charge on any atom is 0.433 e. The molecule has 1 aliphatic carbocycles. The first-order chi connectivity index (χ1) is 7.88. The van der Waals surface area contributed by atoms with E-state index in [0.29, 0.717) is 12.0 Å². The Morgan fingerprint density at radius 2 is 2.24 bits per heavy atom. The van der Waals surface area contributed by atoms with Gasteiger partial charge in [-0.1, -0.05) is 0 Å². The molecule has 0 unspecified atom stereocenters. The van der Waals surface area contributed by atoms with Gasteiger partial charge in [0.15, 0.2) is 0 Å². The molecule has 2 rings (SSSR count). The van der Waals surface area contributed by atoms with E-state index >= 15 is 0 Å². The fraction of sp³-hybridized carbons (Fsp3) is 0.455. The van der Waals surface area contributed by atoms with Crippen molar-refractivity contribution >= 4 is 5.97 Å². The minimum Gasteiger partial charge on any atom is -0.481 e. The Morgan fingerprint density at radius 3 is 2.82 bits per heavy atom. The highest BCUT2D eigenvalue weighted by atomic mass is 19.4. The summed E-state index contributed by atoms with van der Waals surface area (Å²) in [6.45, 7) is 0. The minimum atomic E-state index is -4.45. The highest BCUT2D eigenvalue weighted by Crippen LogP contribution is 2.49. The zero-order valence-corrected chi connectivity index (χ0v) is 8.74. The summed E-state index contributed by atoms with van der Waals surface area (Å²) in [5, 5.41) is 8.58. The second-order valence-electron chi connectivity index (χ2n) is 4.17. The molecule has 1 heterocycles. The van der Waals surface area contributed by atoms with Gasteiger partial charge in [0, 0.05) is 12.6 Å². The van der Waals surface area contributed by atoms with Crippen molar-refractivity contribution < 1.29 is 23.1 Å².